The average molecular weight is 244 g/mol. The molecule has 1 unspecified atom stereocenters. The van der Waals surface area contributed by atoms with E-state index in [1.54, 1.807) is 11.3 Å². The van der Waals surface area contributed by atoms with Crippen LogP contribution < -0.4 is 5.32 Å². The summed E-state index contributed by atoms with van der Waals surface area (Å²) in [7, 11) is 0. The predicted octanol–water partition coefficient (Wildman–Crippen LogP) is 2.52. The van der Waals surface area contributed by atoms with Gasteiger partial charge in [-0.1, -0.05) is 11.3 Å². The number of ether oxygens (including phenoxy) is 2. The third-order valence-electron chi connectivity index (χ3n) is 1.95. The molecule has 0 fully saturated rings. The third-order valence-corrected chi connectivity index (χ3v) is 2.88. The Kier molecular flexibility index (Phi) is 6.37. The van der Waals surface area contributed by atoms with E-state index in [1.165, 1.54) is 0 Å². The maximum atomic E-state index is 5.64. The molecule has 1 atom stereocenters. The number of anilines is 1. The fourth-order valence-electron chi connectivity index (χ4n) is 1.16. The van der Waals surface area contributed by atoms with Gasteiger partial charge in [0, 0.05) is 19.3 Å². The van der Waals surface area contributed by atoms with Crippen LogP contribution in [0.4, 0.5) is 5.13 Å². The van der Waals surface area contributed by atoms with Gasteiger partial charge in [-0.3, -0.25) is 0 Å². The van der Waals surface area contributed by atoms with Crippen LogP contribution in [0.5, 0.6) is 0 Å². The van der Waals surface area contributed by atoms with Crippen LogP contribution >= 0.6 is 11.3 Å². The topological polar surface area (TPSA) is 43.4 Å². The molecule has 1 aromatic rings. The van der Waals surface area contributed by atoms with Crippen molar-refractivity contribution in [3.63, 3.8) is 0 Å². The fraction of sp³-hybridized carbons (Fsp3) is 0.727. The largest absolute Gasteiger partial charge is 0.379 e. The van der Waals surface area contributed by atoms with Gasteiger partial charge in [-0.05, 0) is 20.8 Å². The average Bonchev–Trinajstić information content (AvgIpc) is 2.72. The van der Waals surface area contributed by atoms with E-state index < -0.39 is 0 Å². The first kappa shape index (κ1) is 13.4. The summed E-state index contributed by atoms with van der Waals surface area (Å²) in [6.07, 6.45) is 1.99. The molecule has 1 aromatic heterocycles. The lowest BCUT2D eigenvalue weighted by molar-refractivity contribution is -0.0108. The van der Waals surface area contributed by atoms with Crippen molar-refractivity contribution < 1.29 is 9.47 Å². The maximum Gasteiger partial charge on any atom is 0.182 e. The monoisotopic (exact) mass is 244 g/mol. The zero-order valence-corrected chi connectivity index (χ0v) is 11.0. The van der Waals surface area contributed by atoms with Gasteiger partial charge in [0.25, 0.3) is 0 Å². The van der Waals surface area contributed by atoms with Gasteiger partial charge in [-0.15, -0.1) is 0 Å². The Hall–Kier alpha value is -0.650. The van der Waals surface area contributed by atoms with E-state index in [2.05, 4.69) is 17.2 Å². The fourth-order valence-corrected chi connectivity index (χ4v) is 1.97. The molecule has 1 heterocycles. The van der Waals surface area contributed by atoms with Crippen LogP contribution in [0.15, 0.2) is 6.20 Å². The van der Waals surface area contributed by atoms with Crippen LogP contribution in [-0.4, -0.2) is 30.8 Å². The Morgan fingerprint density at radius 1 is 1.50 bits per heavy atom. The maximum absolute atomic E-state index is 5.64. The highest BCUT2D eigenvalue weighted by atomic mass is 32.1. The smallest absolute Gasteiger partial charge is 0.182 e. The molecule has 0 radical (unpaired) electrons. The summed E-state index contributed by atoms with van der Waals surface area (Å²) in [5, 5.41) is 4.13. The van der Waals surface area contributed by atoms with E-state index in [0.29, 0.717) is 13.2 Å². The second kappa shape index (κ2) is 7.60. The molecular formula is C11H20N2O2S. The molecule has 4 nitrogen and oxygen atoms in total. The van der Waals surface area contributed by atoms with Crippen molar-refractivity contribution in [2.24, 2.45) is 0 Å². The zero-order valence-electron chi connectivity index (χ0n) is 10.2. The zero-order chi connectivity index (χ0) is 11.8. The molecule has 0 saturated heterocycles. The lowest BCUT2D eigenvalue weighted by Crippen LogP contribution is -2.15. The van der Waals surface area contributed by atoms with E-state index in [9.17, 15) is 0 Å². The third kappa shape index (κ3) is 4.92. The van der Waals surface area contributed by atoms with Crippen molar-refractivity contribution in [1.29, 1.82) is 0 Å². The van der Waals surface area contributed by atoms with E-state index >= 15 is 0 Å². The summed E-state index contributed by atoms with van der Waals surface area (Å²) >= 11 is 1.64. The minimum absolute atomic E-state index is 0.129. The molecule has 0 bridgehead atoms. The first-order chi connectivity index (χ1) is 7.76. The van der Waals surface area contributed by atoms with E-state index in [-0.39, 0.29) is 6.10 Å². The Morgan fingerprint density at radius 3 is 3.00 bits per heavy atom. The molecule has 16 heavy (non-hydrogen) atoms. The summed E-state index contributed by atoms with van der Waals surface area (Å²) in [5.74, 6) is 0. The highest BCUT2D eigenvalue weighted by Gasteiger charge is 2.05. The Bertz CT molecular complexity index is 291. The predicted molar refractivity (Wildman–Crippen MR) is 67.0 cm³/mol. The molecule has 0 aromatic carbocycles. The molecular weight excluding hydrogens is 224 g/mol. The molecule has 0 spiro atoms. The summed E-state index contributed by atoms with van der Waals surface area (Å²) in [5.41, 5.74) is 0. The van der Waals surface area contributed by atoms with Gasteiger partial charge < -0.3 is 14.8 Å². The summed E-state index contributed by atoms with van der Waals surface area (Å²) in [6.45, 7) is 8.95. The van der Waals surface area contributed by atoms with Crippen LogP contribution in [-0.2, 0) is 16.1 Å². The Morgan fingerprint density at radius 2 is 2.31 bits per heavy atom. The summed E-state index contributed by atoms with van der Waals surface area (Å²) in [6, 6.07) is 0. The lowest BCUT2D eigenvalue weighted by Gasteiger charge is -2.11. The van der Waals surface area contributed by atoms with Gasteiger partial charge in [-0.2, -0.15) is 0 Å². The van der Waals surface area contributed by atoms with Crippen molar-refractivity contribution >= 4 is 16.5 Å². The molecule has 1 rings (SSSR count). The summed E-state index contributed by atoms with van der Waals surface area (Å²) < 4.78 is 10.9. The normalized spacial score (nSPS) is 12.7. The van der Waals surface area contributed by atoms with Gasteiger partial charge in [0.05, 0.1) is 24.2 Å². The molecule has 5 heteroatoms. The summed E-state index contributed by atoms with van der Waals surface area (Å²) in [4.78, 5) is 5.38. The van der Waals surface area contributed by atoms with Crippen LogP contribution in [0.2, 0.25) is 0 Å². The standard InChI is InChI=1S/C11H20N2O2S/c1-4-12-11-13-6-10(16-11)8-15-9(3)7-14-5-2/h6,9H,4-5,7-8H2,1-3H3,(H,12,13). The second-order valence-corrected chi connectivity index (χ2v) is 4.56. The van der Waals surface area contributed by atoms with Crippen LogP contribution in [0.1, 0.15) is 25.6 Å². The quantitative estimate of drug-likeness (QED) is 0.763. The van der Waals surface area contributed by atoms with Crippen molar-refractivity contribution in [1.82, 2.24) is 4.98 Å². The van der Waals surface area contributed by atoms with Gasteiger partial charge in [-0.25, -0.2) is 4.98 Å². The minimum Gasteiger partial charge on any atom is -0.379 e. The molecule has 1 N–H and O–H groups in total. The molecule has 92 valence electrons. The SMILES string of the molecule is CCNc1ncc(COC(C)COCC)s1. The molecule has 0 aliphatic heterocycles. The van der Waals surface area contributed by atoms with Crippen molar-refractivity contribution in [2.75, 3.05) is 25.1 Å². The number of aromatic nitrogens is 1. The number of nitrogens with zero attached hydrogens (tertiary/aromatic N) is 1. The van der Waals surface area contributed by atoms with Crippen LogP contribution in [0, 0.1) is 0 Å². The molecule has 0 saturated carbocycles. The molecule has 0 aliphatic carbocycles. The van der Waals surface area contributed by atoms with Crippen LogP contribution in [0.25, 0.3) is 0 Å². The van der Waals surface area contributed by atoms with Crippen molar-refractivity contribution in [3.05, 3.63) is 11.1 Å². The molecule has 0 amide bonds. The Labute approximate surface area is 101 Å². The van der Waals surface area contributed by atoms with E-state index in [1.807, 2.05) is 20.0 Å². The number of thiazole rings is 1. The van der Waals surface area contributed by atoms with Gasteiger partial charge >= 0.3 is 0 Å². The van der Waals surface area contributed by atoms with Crippen molar-refractivity contribution in [3.8, 4) is 0 Å². The highest BCUT2D eigenvalue weighted by Crippen LogP contribution is 2.18. The van der Waals surface area contributed by atoms with E-state index in [4.69, 9.17) is 9.47 Å². The highest BCUT2D eigenvalue weighted by molar-refractivity contribution is 7.15. The van der Waals surface area contributed by atoms with Crippen LogP contribution in [0.3, 0.4) is 0 Å². The minimum atomic E-state index is 0.129. The first-order valence-electron chi connectivity index (χ1n) is 5.64. The lowest BCUT2D eigenvalue weighted by atomic mass is 10.4. The first-order valence-corrected chi connectivity index (χ1v) is 6.45. The van der Waals surface area contributed by atoms with Gasteiger partial charge in [0.2, 0.25) is 0 Å². The van der Waals surface area contributed by atoms with E-state index in [0.717, 1.165) is 23.2 Å². The second-order valence-electron chi connectivity index (χ2n) is 3.44. The molecule has 0 aliphatic rings. The number of rotatable bonds is 8. The Balaban J connectivity index is 2.25. The number of hydrogen-bond donors (Lipinski definition) is 1. The van der Waals surface area contributed by atoms with Crippen molar-refractivity contribution in [2.45, 2.75) is 33.5 Å². The number of nitrogens with one attached hydrogen (secondary N) is 1. The number of hydrogen-bond acceptors (Lipinski definition) is 5. The van der Waals surface area contributed by atoms with Gasteiger partial charge in [0.1, 0.15) is 0 Å². The van der Waals surface area contributed by atoms with Gasteiger partial charge in [0.15, 0.2) is 5.13 Å².